The largest absolute Gasteiger partial charge is 0.329 e. The van der Waals surface area contributed by atoms with Crippen LogP contribution in [-0.4, -0.2) is 24.7 Å². The molecule has 0 bridgehead atoms. The topological polar surface area (TPSA) is 29.3 Å². The number of benzene rings is 2. The van der Waals surface area contributed by atoms with Gasteiger partial charge in [0.2, 0.25) is 0 Å². The molecule has 0 saturated carbocycles. The highest BCUT2D eigenvalue weighted by Crippen LogP contribution is 2.23. The van der Waals surface area contributed by atoms with Crippen LogP contribution in [0.4, 0.5) is 0 Å². The van der Waals surface area contributed by atoms with Gasteiger partial charge in [-0.25, -0.2) is 0 Å². The molecule has 2 aromatic rings. The summed E-state index contributed by atoms with van der Waals surface area (Å²) in [5.74, 6) is 0. The Morgan fingerprint density at radius 2 is 1.70 bits per heavy atom. The fourth-order valence-electron chi connectivity index (χ4n) is 2.38. The summed E-state index contributed by atoms with van der Waals surface area (Å²) >= 11 is 1.76. The van der Waals surface area contributed by atoms with E-state index < -0.39 is 0 Å². The third-order valence-electron chi connectivity index (χ3n) is 3.53. The molecule has 2 rings (SSSR count). The van der Waals surface area contributed by atoms with E-state index in [1.807, 2.05) is 6.07 Å². The van der Waals surface area contributed by atoms with Crippen LogP contribution < -0.4 is 5.73 Å². The van der Waals surface area contributed by atoms with Gasteiger partial charge in [-0.2, -0.15) is 0 Å². The SMILES string of the molecule is CSc1ccc(C(CN)N(C)Cc2ccccc2)cc1. The minimum absolute atomic E-state index is 0.256. The van der Waals surface area contributed by atoms with Gasteiger partial charge in [0, 0.05) is 24.0 Å². The van der Waals surface area contributed by atoms with Crippen LogP contribution in [0.3, 0.4) is 0 Å². The molecule has 1 atom stereocenters. The zero-order chi connectivity index (χ0) is 14.4. The van der Waals surface area contributed by atoms with Crippen LogP contribution in [0, 0.1) is 0 Å². The second-order valence-electron chi connectivity index (χ2n) is 4.93. The Morgan fingerprint density at radius 1 is 1.05 bits per heavy atom. The molecule has 0 amide bonds. The van der Waals surface area contributed by atoms with Crippen molar-refractivity contribution in [3.63, 3.8) is 0 Å². The monoisotopic (exact) mass is 286 g/mol. The van der Waals surface area contributed by atoms with Gasteiger partial charge in [0.25, 0.3) is 0 Å². The molecule has 20 heavy (non-hydrogen) atoms. The number of likely N-dealkylation sites (N-methyl/N-ethyl adjacent to an activating group) is 1. The van der Waals surface area contributed by atoms with Crippen LogP contribution in [0.2, 0.25) is 0 Å². The number of nitrogens with two attached hydrogens (primary N) is 1. The van der Waals surface area contributed by atoms with E-state index in [4.69, 9.17) is 5.73 Å². The van der Waals surface area contributed by atoms with E-state index >= 15 is 0 Å². The second-order valence-corrected chi connectivity index (χ2v) is 5.81. The van der Waals surface area contributed by atoms with Crippen molar-refractivity contribution >= 4 is 11.8 Å². The number of rotatable bonds is 6. The molecule has 0 saturated heterocycles. The van der Waals surface area contributed by atoms with Crippen LogP contribution in [0.5, 0.6) is 0 Å². The fraction of sp³-hybridized carbons (Fsp3) is 0.294. The average Bonchev–Trinajstić information content (AvgIpc) is 2.49. The van der Waals surface area contributed by atoms with E-state index in [9.17, 15) is 0 Å². The van der Waals surface area contributed by atoms with Gasteiger partial charge >= 0.3 is 0 Å². The summed E-state index contributed by atoms with van der Waals surface area (Å²) in [6.07, 6.45) is 2.09. The van der Waals surface area contributed by atoms with Crippen LogP contribution in [-0.2, 0) is 6.54 Å². The van der Waals surface area contributed by atoms with Crippen molar-refractivity contribution in [2.24, 2.45) is 5.73 Å². The van der Waals surface area contributed by atoms with E-state index in [0.29, 0.717) is 6.54 Å². The van der Waals surface area contributed by atoms with Gasteiger partial charge in [0.15, 0.2) is 0 Å². The smallest absolute Gasteiger partial charge is 0.0470 e. The van der Waals surface area contributed by atoms with E-state index in [-0.39, 0.29) is 6.04 Å². The Hall–Kier alpha value is -1.29. The van der Waals surface area contributed by atoms with Crippen LogP contribution in [0.15, 0.2) is 59.5 Å². The van der Waals surface area contributed by atoms with Crippen molar-refractivity contribution in [1.29, 1.82) is 0 Å². The molecule has 1 unspecified atom stereocenters. The maximum Gasteiger partial charge on any atom is 0.0470 e. The van der Waals surface area contributed by atoms with Gasteiger partial charge in [-0.3, -0.25) is 4.90 Å². The highest BCUT2D eigenvalue weighted by Gasteiger charge is 2.15. The molecule has 2 N–H and O–H groups in total. The molecule has 0 aliphatic carbocycles. The molecule has 0 aliphatic heterocycles. The molecule has 0 heterocycles. The number of thioether (sulfide) groups is 1. The molecule has 0 spiro atoms. The van der Waals surface area contributed by atoms with Gasteiger partial charge in [0.05, 0.1) is 0 Å². The summed E-state index contributed by atoms with van der Waals surface area (Å²) in [6.45, 7) is 1.54. The van der Waals surface area contributed by atoms with E-state index in [2.05, 4.69) is 66.7 Å². The molecule has 0 aliphatic rings. The van der Waals surface area contributed by atoms with Crippen molar-refractivity contribution in [2.45, 2.75) is 17.5 Å². The van der Waals surface area contributed by atoms with Gasteiger partial charge < -0.3 is 5.73 Å². The molecule has 106 valence electrons. The van der Waals surface area contributed by atoms with Gasteiger partial charge in [-0.15, -0.1) is 11.8 Å². The lowest BCUT2D eigenvalue weighted by atomic mass is 10.1. The Balaban J connectivity index is 2.10. The third kappa shape index (κ3) is 3.85. The second kappa shape index (κ2) is 7.48. The summed E-state index contributed by atoms with van der Waals surface area (Å²) in [7, 11) is 2.13. The summed E-state index contributed by atoms with van der Waals surface area (Å²) in [5, 5.41) is 0. The lowest BCUT2D eigenvalue weighted by Gasteiger charge is -2.27. The minimum atomic E-state index is 0.256. The van der Waals surface area contributed by atoms with Crippen LogP contribution in [0.25, 0.3) is 0 Å². The van der Waals surface area contributed by atoms with Crippen molar-refractivity contribution in [3.8, 4) is 0 Å². The molecule has 3 heteroatoms. The zero-order valence-electron chi connectivity index (χ0n) is 12.1. The molecular weight excluding hydrogens is 264 g/mol. The zero-order valence-corrected chi connectivity index (χ0v) is 12.9. The molecule has 2 aromatic carbocycles. The van der Waals surface area contributed by atoms with Crippen molar-refractivity contribution in [1.82, 2.24) is 4.90 Å². The summed E-state index contributed by atoms with van der Waals surface area (Å²) < 4.78 is 0. The van der Waals surface area contributed by atoms with Crippen molar-refractivity contribution < 1.29 is 0 Å². The molecule has 0 fully saturated rings. The Morgan fingerprint density at radius 3 is 2.25 bits per heavy atom. The first-order valence-electron chi connectivity index (χ1n) is 6.82. The number of nitrogens with zero attached hydrogens (tertiary/aromatic N) is 1. The van der Waals surface area contributed by atoms with Crippen molar-refractivity contribution in [2.75, 3.05) is 19.8 Å². The van der Waals surface area contributed by atoms with Crippen LogP contribution in [0.1, 0.15) is 17.2 Å². The average molecular weight is 286 g/mol. The standard InChI is InChI=1S/C17H22N2S/c1-19(13-14-6-4-3-5-7-14)17(12-18)15-8-10-16(20-2)11-9-15/h3-11,17H,12-13,18H2,1-2H3. The summed E-state index contributed by atoms with van der Waals surface area (Å²) in [4.78, 5) is 3.60. The van der Waals surface area contributed by atoms with Crippen LogP contribution >= 0.6 is 11.8 Å². The summed E-state index contributed by atoms with van der Waals surface area (Å²) in [6, 6.07) is 19.5. The number of hydrogen-bond acceptors (Lipinski definition) is 3. The van der Waals surface area contributed by atoms with Crippen molar-refractivity contribution in [3.05, 3.63) is 65.7 Å². The minimum Gasteiger partial charge on any atom is -0.329 e. The van der Waals surface area contributed by atoms with E-state index in [1.165, 1.54) is 16.0 Å². The predicted octanol–water partition coefficient (Wildman–Crippen LogP) is 3.54. The molecule has 0 radical (unpaired) electrons. The maximum absolute atomic E-state index is 5.98. The normalized spacial score (nSPS) is 12.6. The van der Waals surface area contributed by atoms with Gasteiger partial charge in [-0.1, -0.05) is 42.5 Å². The first-order valence-corrected chi connectivity index (χ1v) is 8.05. The lowest BCUT2D eigenvalue weighted by molar-refractivity contribution is 0.242. The highest BCUT2D eigenvalue weighted by molar-refractivity contribution is 7.98. The fourth-order valence-corrected chi connectivity index (χ4v) is 2.79. The van der Waals surface area contributed by atoms with Gasteiger partial charge in [-0.05, 0) is 36.6 Å². The Bertz CT molecular complexity index is 510. The van der Waals surface area contributed by atoms with E-state index in [1.54, 1.807) is 11.8 Å². The Labute approximate surface area is 126 Å². The quantitative estimate of drug-likeness (QED) is 0.824. The Kier molecular flexibility index (Phi) is 5.65. The summed E-state index contributed by atoms with van der Waals surface area (Å²) in [5.41, 5.74) is 8.58. The first kappa shape index (κ1) is 15.1. The van der Waals surface area contributed by atoms with E-state index in [0.717, 1.165) is 6.54 Å². The first-order chi connectivity index (χ1) is 9.74. The predicted molar refractivity (Wildman–Crippen MR) is 87.9 cm³/mol. The molecule has 2 nitrogen and oxygen atoms in total. The molecule has 0 aromatic heterocycles. The lowest BCUT2D eigenvalue weighted by Crippen LogP contribution is -2.30. The number of hydrogen-bond donors (Lipinski definition) is 1. The van der Waals surface area contributed by atoms with Gasteiger partial charge in [0.1, 0.15) is 0 Å². The highest BCUT2D eigenvalue weighted by atomic mass is 32.2. The third-order valence-corrected chi connectivity index (χ3v) is 4.27. The molecular formula is C17H22N2S. The maximum atomic E-state index is 5.98.